The maximum atomic E-state index is 13.8. The number of anilines is 1. The lowest BCUT2D eigenvalue weighted by molar-refractivity contribution is -0.155. The first-order valence-corrected chi connectivity index (χ1v) is 15.3. The van der Waals surface area contributed by atoms with Crippen LogP contribution in [0.25, 0.3) is 0 Å². The van der Waals surface area contributed by atoms with Crippen LogP contribution < -0.4 is 20.3 Å². The summed E-state index contributed by atoms with van der Waals surface area (Å²) < 4.78 is 28.8. The third-order valence-electron chi connectivity index (χ3n) is 9.00. The average molecular weight is 650 g/mol. The molecule has 12 nitrogen and oxygen atoms in total. The van der Waals surface area contributed by atoms with Crippen LogP contribution in [0.3, 0.4) is 0 Å². The van der Waals surface area contributed by atoms with Gasteiger partial charge in [-0.1, -0.05) is 42.3 Å². The zero-order chi connectivity index (χ0) is 33.3. The molecule has 1 unspecified atom stereocenters. The molecule has 45 heavy (non-hydrogen) atoms. The van der Waals surface area contributed by atoms with Crippen molar-refractivity contribution in [2.24, 2.45) is 5.92 Å². The van der Waals surface area contributed by atoms with Crippen molar-refractivity contribution in [3.63, 3.8) is 0 Å². The molecule has 8 atom stereocenters. The summed E-state index contributed by atoms with van der Waals surface area (Å²) in [6.45, 7) is 7.17. The number of benzene rings is 1. The van der Waals surface area contributed by atoms with E-state index in [4.69, 9.17) is 35.3 Å². The monoisotopic (exact) mass is 649 g/mol. The Labute approximate surface area is 269 Å². The van der Waals surface area contributed by atoms with E-state index in [-0.39, 0.29) is 23.8 Å². The molecule has 3 N–H and O–H groups in total. The number of carbonyl (C=O) groups is 3. The SMILES string of the molecule is CN[C@H](C)C(=O)O[C@H]1CC(=O)N(C)c2cc(cc(OC)c2Cl)C/C(C)=C/C=C/[C@@H](OC)[C@@]2(O)C[C@H](OC(=O)N2)C(C)[C@@H]2O[C@@]12C. The number of nitrogens with one attached hydrogen (secondary N) is 2. The molecule has 0 aliphatic carbocycles. The number of nitrogens with zero attached hydrogens (tertiary/aromatic N) is 1. The molecular formula is C32H44ClN3O9. The van der Waals surface area contributed by atoms with E-state index in [9.17, 15) is 19.5 Å². The number of epoxide rings is 1. The fourth-order valence-electron chi connectivity index (χ4n) is 5.97. The molecule has 0 spiro atoms. The Morgan fingerprint density at radius 2 is 2.00 bits per heavy atom. The molecular weight excluding hydrogens is 606 g/mol. The molecule has 0 saturated carbocycles. The third-order valence-corrected chi connectivity index (χ3v) is 9.38. The Morgan fingerprint density at radius 1 is 1.29 bits per heavy atom. The molecule has 13 heteroatoms. The van der Waals surface area contributed by atoms with Crippen molar-refractivity contribution in [3.05, 3.63) is 46.5 Å². The van der Waals surface area contributed by atoms with Crippen LogP contribution in [0.2, 0.25) is 5.02 Å². The minimum absolute atomic E-state index is 0.00553. The van der Waals surface area contributed by atoms with Gasteiger partial charge in [0.1, 0.15) is 40.7 Å². The summed E-state index contributed by atoms with van der Waals surface area (Å²) in [7, 11) is 6.18. The number of rotatable bonds is 5. The molecule has 2 saturated heterocycles. The number of likely N-dealkylation sites (N-methyl/N-ethyl adjacent to an activating group) is 1. The van der Waals surface area contributed by atoms with Gasteiger partial charge in [-0.2, -0.15) is 0 Å². The molecule has 1 aromatic carbocycles. The highest BCUT2D eigenvalue weighted by molar-refractivity contribution is 6.35. The predicted molar refractivity (Wildman–Crippen MR) is 167 cm³/mol. The van der Waals surface area contributed by atoms with Gasteiger partial charge in [0.05, 0.1) is 25.3 Å². The molecule has 3 aliphatic rings. The fraction of sp³-hybridized carbons (Fsp3) is 0.594. The summed E-state index contributed by atoms with van der Waals surface area (Å²) in [5, 5.41) is 17.2. The molecule has 0 aromatic heterocycles. The van der Waals surface area contributed by atoms with Gasteiger partial charge in [-0.05, 0) is 51.9 Å². The van der Waals surface area contributed by atoms with Crippen molar-refractivity contribution in [3.8, 4) is 5.75 Å². The fourth-order valence-corrected chi connectivity index (χ4v) is 6.28. The minimum Gasteiger partial charge on any atom is -0.495 e. The molecule has 1 aromatic rings. The number of hydrogen-bond donors (Lipinski definition) is 3. The number of hydrogen-bond acceptors (Lipinski definition) is 10. The summed E-state index contributed by atoms with van der Waals surface area (Å²) in [6, 6.07) is 2.99. The van der Waals surface area contributed by atoms with Gasteiger partial charge in [0.25, 0.3) is 0 Å². The van der Waals surface area contributed by atoms with Gasteiger partial charge >= 0.3 is 12.1 Å². The van der Waals surface area contributed by atoms with E-state index >= 15 is 0 Å². The summed E-state index contributed by atoms with van der Waals surface area (Å²) in [6.07, 6.45) is 1.52. The normalized spacial score (nSPS) is 34.8. The average Bonchev–Trinajstić information content (AvgIpc) is 3.69. The van der Waals surface area contributed by atoms with Crippen molar-refractivity contribution in [1.29, 1.82) is 0 Å². The second-order valence-electron chi connectivity index (χ2n) is 12.2. The van der Waals surface area contributed by atoms with E-state index in [1.807, 2.05) is 26.0 Å². The molecule has 3 aliphatic heterocycles. The summed E-state index contributed by atoms with van der Waals surface area (Å²) >= 11 is 6.69. The number of ether oxygens (including phenoxy) is 5. The second kappa shape index (κ2) is 13.7. The lowest BCUT2D eigenvalue weighted by atomic mass is 9.83. The van der Waals surface area contributed by atoms with Crippen LogP contribution in [0, 0.1) is 5.92 Å². The Balaban J connectivity index is 1.80. The number of amides is 2. The first kappa shape index (κ1) is 34.7. The number of carbonyl (C=O) groups excluding carboxylic acids is 3. The maximum absolute atomic E-state index is 13.8. The van der Waals surface area contributed by atoms with Crippen LogP contribution in [-0.4, -0.2) is 93.2 Å². The van der Waals surface area contributed by atoms with E-state index in [2.05, 4.69) is 10.6 Å². The van der Waals surface area contributed by atoms with Crippen LogP contribution in [0.5, 0.6) is 5.75 Å². The van der Waals surface area contributed by atoms with Crippen LogP contribution in [0.1, 0.15) is 46.1 Å². The number of alkyl carbamates (subject to hydrolysis) is 1. The Morgan fingerprint density at radius 3 is 2.64 bits per heavy atom. The van der Waals surface area contributed by atoms with Gasteiger partial charge in [-0.25, -0.2) is 4.79 Å². The number of fused-ring (bicyclic) bond motifs is 5. The lowest BCUT2D eigenvalue weighted by Crippen LogP contribution is -2.63. The Bertz CT molecular complexity index is 1370. The number of halogens is 1. The quantitative estimate of drug-likeness (QED) is 0.321. The van der Waals surface area contributed by atoms with Gasteiger partial charge in [0.2, 0.25) is 5.91 Å². The van der Waals surface area contributed by atoms with Crippen molar-refractivity contribution in [2.45, 2.75) is 88.7 Å². The highest BCUT2D eigenvalue weighted by atomic mass is 35.5. The Kier molecular flexibility index (Phi) is 10.6. The third kappa shape index (κ3) is 7.30. The predicted octanol–water partition coefficient (Wildman–Crippen LogP) is 3.28. The maximum Gasteiger partial charge on any atom is 0.409 e. The van der Waals surface area contributed by atoms with Gasteiger partial charge in [0.15, 0.2) is 5.72 Å². The van der Waals surface area contributed by atoms with Crippen LogP contribution in [0.4, 0.5) is 10.5 Å². The van der Waals surface area contributed by atoms with Crippen LogP contribution in [-0.2, 0) is 35.0 Å². The van der Waals surface area contributed by atoms with Crippen molar-refractivity contribution in [2.75, 3.05) is 33.2 Å². The first-order chi connectivity index (χ1) is 21.2. The largest absolute Gasteiger partial charge is 0.495 e. The standard InChI is InChI=1S/C32H44ClN3O9/c1-17-10-9-11-24(42-8)32(40)16-23(43-30(39)35-32)18(2)28-31(4,45-28)25(44-29(38)19(3)34-5)15-26(37)36(6)21-13-20(12-17)14-22(41-7)27(21)33/h9-11,13-14,18-19,23-25,28,34,40H,12,15-16H2,1-8H3,(H,35,39)/b11-9+,17-10+/t18?,19-,23+,24-,25+,28+,31+,32+/m1/s1. The van der Waals surface area contributed by atoms with E-state index in [0.717, 1.165) is 11.1 Å². The molecule has 248 valence electrons. The number of allylic oxidation sites excluding steroid dienone is 3. The minimum atomic E-state index is -1.78. The summed E-state index contributed by atoms with van der Waals surface area (Å²) in [5.41, 5.74) is -0.646. The highest BCUT2D eigenvalue weighted by Gasteiger charge is 2.64. The van der Waals surface area contributed by atoms with Crippen LogP contribution in [0.15, 0.2) is 35.9 Å². The van der Waals surface area contributed by atoms with Gasteiger partial charge in [0, 0.05) is 26.5 Å². The molecule has 4 rings (SSSR count). The molecule has 2 fully saturated rings. The second-order valence-corrected chi connectivity index (χ2v) is 12.6. The number of esters is 1. The van der Waals surface area contributed by atoms with Crippen molar-refractivity contribution < 1.29 is 43.2 Å². The van der Waals surface area contributed by atoms with Crippen LogP contribution >= 0.6 is 11.6 Å². The summed E-state index contributed by atoms with van der Waals surface area (Å²) in [4.78, 5) is 40.9. The zero-order valence-electron chi connectivity index (χ0n) is 27.0. The van der Waals surface area contributed by atoms with Crippen molar-refractivity contribution >= 4 is 35.3 Å². The van der Waals surface area contributed by atoms with Gasteiger partial charge < -0.3 is 39.0 Å². The highest BCUT2D eigenvalue weighted by Crippen LogP contribution is 2.49. The molecule has 4 bridgehead atoms. The van der Waals surface area contributed by atoms with E-state index in [1.165, 1.54) is 19.1 Å². The number of methoxy groups -OCH3 is 2. The first-order valence-electron chi connectivity index (χ1n) is 14.9. The summed E-state index contributed by atoms with van der Waals surface area (Å²) in [5.74, 6) is -0.974. The Hall–Kier alpha value is -3.16. The van der Waals surface area contributed by atoms with E-state index < -0.39 is 59.8 Å². The molecule has 0 radical (unpaired) electrons. The van der Waals surface area contributed by atoms with E-state index in [1.54, 1.807) is 46.2 Å². The lowest BCUT2D eigenvalue weighted by Gasteiger charge is -2.42. The number of aliphatic hydroxyl groups is 1. The van der Waals surface area contributed by atoms with Gasteiger partial charge in [-0.3, -0.25) is 14.9 Å². The topological polar surface area (TPSA) is 148 Å². The molecule has 3 heterocycles. The zero-order valence-corrected chi connectivity index (χ0v) is 27.8. The van der Waals surface area contributed by atoms with E-state index in [0.29, 0.717) is 17.9 Å². The smallest absolute Gasteiger partial charge is 0.409 e. The van der Waals surface area contributed by atoms with Crippen molar-refractivity contribution in [1.82, 2.24) is 10.6 Å². The molecule has 2 amide bonds. The van der Waals surface area contributed by atoms with Gasteiger partial charge in [-0.15, -0.1) is 0 Å².